The zero-order valence-corrected chi connectivity index (χ0v) is 19.6. The lowest BCUT2D eigenvalue weighted by Gasteiger charge is -2.15. The molecule has 0 radical (unpaired) electrons. The second-order valence-electron chi connectivity index (χ2n) is 8.46. The second kappa shape index (κ2) is 10.2. The molecule has 1 fully saturated rings. The number of rotatable bonds is 9. The molecule has 3 aromatic rings. The zero-order chi connectivity index (χ0) is 22.5. The predicted octanol–water partition coefficient (Wildman–Crippen LogP) is 5.08. The molecule has 0 aromatic carbocycles. The minimum absolute atomic E-state index is 0.120. The minimum atomic E-state index is -0.120. The van der Waals surface area contributed by atoms with Crippen LogP contribution in [-0.4, -0.2) is 39.2 Å². The summed E-state index contributed by atoms with van der Waals surface area (Å²) in [6.07, 6.45) is 12.4. The van der Waals surface area contributed by atoms with E-state index >= 15 is 0 Å². The highest BCUT2D eigenvalue weighted by atomic mass is 32.2. The van der Waals surface area contributed by atoms with Gasteiger partial charge in [0.15, 0.2) is 0 Å². The third-order valence-electron chi connectivity index (χ3n) is 6.40. The number of anilines is 1. The summed E-state index contributed by atoms with van der Waals surface area (Å²) in [7, 11) is 0. The molecule has 1 aliphatic carbocycles. The highest BCUT2D eigenvalue weighted by Crippen LogP contribution is 2.33. The maximum absolute atomic E-state index is 12.8. The van der Waals surface area contributed by atoms with Gasteiger partial charge in [-0.3, -0.25) is 9.78 Å². The van der Waals surface area contributed by atoms with Gasteiger partial charge in [0.25, 0.3) is 5.91 Å². The van der Waals surface area contributed by atoms with Crippen LogP contribution in [0.4, 0.5) is 5.69 Å². The standard InChI is InChI=1S/C25H31N5OS/c1-4-18-8-9-19(11-18)13-27-25(31)23-12-22(28-16-32-3)20(14-26-23)17(2)21-15-29-30-10-6-5-7-24(21)30/h5-7,10,12,14-15,18-19H,2,4,8-9,11,13,16H2,1,3H3,(H,26,28)(H,27,31). The van der Waals surface area contributed by atoms with Crippen molar-refractivity contribution in [2.75, 3.05) is 24.0 Å². The van der Waals surface area contributed by atoms with Crippen molar-refractivity contribution in [3.8, 4) is 0 Å². The van der Waals surface area contributed by atoms with Crippen LogP contribution in [-0.2, 0) is 0 Å². The summed E-state index contributed by atoms with van der Waals surface area (Å²) >= 11 is 1.68. The van der Waals surface area contributed by atoms with Crippen molar-refractivity contribution in [2.45, 2.75) is 32.6 Å². The minimum Gasteiger partial charge on any atom is -0.375 e. The van der Waals surface area contributed by atoms with E-state index in [1.54, 1.807) is 18.0 Å². The van der Waals surface area contributed by atoms with Gasteiger partial charge in [0.2, 0.25) is 0 Å². The lowest BCUT2D eigenvalue weighted by molar-refractivity contribution is 0.0942. The van der Waals surface area contributed by atoms with Gasteiger partial charge in [-0.05, 0) is 54.7 Å². The fourth-order valence-corrected chi connectivity index (χ4v) is 4.79. The first-order valence-electron chi connectivity index (χ1n) is 11.2. The van der Waals surface area contributed by atoms with Gasteiger partial charge < -0.3 is 10.6 Å². The number of hydrogen-bond acceptors (Lipinski definition) is 5. The molecule has 3 heterocycles. The summed E-state index contributed by atoms with van der Waals surface area (Å²) in [5.74, 6) is 1.99. The molecule has 0 spiro atoms. The van der Waals surface area contributed by atoms with Gasteiger partial charge in [-0.1, -0.05) is 32.4 Å². The largest absolute Gasteiger partial charge is 0.375 e. The first-order chi connectivity index (χ1) is 15.6. The molecule has 168 valence electrons. The molecule has 32 heavy (non-hydrogen) atoms. The molecular weight excluding hydrogens is 418 g/mol. The Labute approximate surface area is 193 Å². The van der Waals surface area contributed by atoms with E-state index in [9.17, 15) is 4.79 Å². The van der Waals surface area contributed by atoms with Crippen molar-refractivity contribution in [3.63, 3.8) is 0 Å². The smallest absolute Gasteiger partial charge is 0.269 e. The first kappa shape index (κ1) is 22.4. The van der Waals surface area contributed by atoms with Crippen LogP contribution in [0.3, 0.4) is 0 Å². The Morgan fingerprint density at radius 2 is 2.09 bits per heavy atom. The van der Waals surface area contributed by atoms with Crippen molar-refractivity contribution in [1.29, 1.82) is 0 Å². The van der Waals surface area contributed by atoms with E-state index in [1.807, 2.05) is 47.4 Å². The van der Waals surface area contributed by atoms with Crippen LogP contribution in [0, 0.1) is 11.8 Å². The van der Waals surface area contributed by atoms with Crippen LogP contribution in [0.5, 0.6) is 0 Å². The van der Waals surface area contributed by atoms with Crippen LogP contribution < -0.4 is 10.6 Å². The van der Waals surface area contributed by atoms with Gasteiger partial charge in [0, 0.05) is 35.8 Å². The quantitative estimate of drug-likeness (QED) is 0.446. The lowest BCUT2D eigenvalue weighted by Crippen LogP contribution is -2.29. The van der Waals surface area contributed by atoms with Gasteiger partial charge in [-0.15, -0.1) is 11.8 Å². The van der Waals surface area contributed by atoms with Gasteiger partial charge in [0.05, 0.1) is 17.6 Å². The second-order valence-corrected chi connectivity index (χ2v) is 9.32. The molecule has 3 aromatic heterocycles. The van der Waals surface area contributed by atoms with E-state index in [0.717, 1.165) is 46.2 Å². The monoisotopic (exact) mass is 449 g/mol. The maximum atomic E-state index is 12.8. The van der Waals surface area contributed by atoms with E-state index < -0.39 is 0 Å². The van der Waals surface area contributed by atoms with Gasteiger partial charge in [-0.25, -0.2) is 4.52 Å². The number of carbonyl (C=O) groups is 1. The van der Waals surface area contributed by atoms with Crippen LogP contribution in [0.1, 0.15) is 54.2 Å². The van der Waals surface area contributed by atoms with Crippen LogP contribution in [0.15, 0.2) is 49.4 Å². The summed E-state index contributed by atoms with van der Waals surface area (Å²) in [5, 5.41) is 10.9. The molecule has 6 nitrogen and oxygen atoms in total. The maximum Gasteiger partial charge on any atom is 0.269 e. The van der Waals surface area contributed by atoms with Crippen molar-refractivity contribution in [3.05, 3.63) is 66.3 Å². The van der Waals surface area contributed by atoms with Gasteiger partial charge in [0.1, 0.15) is 5.69 Å². The summed E-state index contributed by atoms with van der Waals surface area (Å²) in [6.45, 7) is 7.30. The van der Waals surface area contributed by atoms with E-state index in [1.165, 1.54) is 25.7 Å². The van der Waals surface area contributed by atoms with E-state index in [0.29, 0.717) is 11.6 Å². The van der Waals surface area contributed by atoms with Crippen molar-refractivity contribution in [2.24, 2.45) is 11.8 Å². The Bertz CT molecular complexity index is 1110. The highest BCUT2D eigenvalue weighted by molar-refractivity contribution is 7.98. The Kier molecular flexibility index (Phi) is 7.15. The summed E-state index contributed by atoms with van der Waals surface area (Å²) in [6, 6.07) is 7.78. The van der Waals surface area contributed by atoms with Crippen LogP contribution >= 0.6 is 11.8 Å². The lowest BCUT2D eigenvalue weighted by atomic mass is 10.00. The number of aromatic nitrogens is 3. The molecule has 0 aliphatic heterocycles. The SMILES string of the molecule is C=C(c1cnc(C(=O)NCC2CCC(CC)C2)cc1NCSC)c1cnn2ccccc12. The third kappa shape index (κ3) is 4.83. The number of thioether (sulfide) groups is 1. The molecule has 2 atom stereocenters. The molecule has 1 amide bonds. The number of pyridine rings is 2. The first-order valence-corrected chi connectivity index (χ1v) is 12.6. The number of nitrogens with one attached hydrogen (secondary N) is 2. The predicted molar refractivity (Wildman–Crippen MR) is 133 cm³/mol. The normalized spacial score (nSPS) is 18.1. The third-order valence-corrected chi connectivity index (χ3v) is 6.83. The Morgan fingerprint density at radius 3 is 2.88 bits per heavy atom. The molecular formula is C25H31N5OS. The fraction of sp³-hybridized carbons (Fsp3) is 0.400. The molecule has 4 rings (SSSR count). The average Bonchev–Trinajstić information content (AvgIpc) is 3.47. The summed E-state index contributed by atoms with van der Waals surface area (Å²) < 4.78 is 1.83. The molecule has 2 N–H and O–H groups in total. The number of carbonyl (C=O) groups excluding carboxylic acids is 1. The average molecular weight is 450 g/mol. The fourth-order valence-electron chi connectivity index (χ4n) is 4.49. The molecule has 1 aliphatic rings. The molecule has 0 bridgehead atoms. The Hall–Kier alpha value is -2.80. The van der Waals surface area contributed by atoms with Gasteiger partial charge >= 0.3 is 0 Å². The topological polar surface area (TPSA) is 71.3 Å². The summed E-state index contributed by atoms with van der Waals surface area (Å²) in [4.78, 5) is 17.3. The molecule has 1 saturated carbocycles. The van der Waals surface area contributed by atoms with Crippen LogP contribution in [0.25, 0.3) is 11.1 Å². The Morgan fingerprint density at radius 1 is 1.25 bits per heavy atom. The highest BCUT2D eigenvalue weighted by Gasteiger charge is 2.24. The van der Waals surface area contributed by atoms with Crippen molar-refractivity contribution < 1.29 is 4.79 Å². The number of nitrogens with zero attached hydrogens (tertiary/aromatic N) is 3. The van der Waals surface area contributed by atoms with Gasteiger partial charge in [-0.2, -0.15) is 5.10 Å². The van der Waals surface area contributed by atoms with Crippen molar-refractivity contribution >= 4 is 34.4 Å². The Balaban J connectivity index is 1.53. The number of fused-ring (bicyclic) bond motifs is 1. The number of hydrogen-bond donors (Lipinski definition) is 2. The van der Waals surface area contributed by atoms with Crippen molar-refractivity contribution in [1.82, 2.24) is 19.9 Å². The number of amides is 1. The van der Waals surface area contributed by atoms with E-state index in [4.69, 9.17) is 0 Å². The molecule has 7 heteroatoms. The molecule has 0 saturated heterocycles. The van der Waals surface area contributed by atoms with E-state index in [2.05, 4.69) is 34.2 Å². The van der Waals surface area contributed by atoms with Crippen LogP contribution in [0.2, 0.25) is 0 Å². The van der Waals surface area contributed by atoms with E-state index in [-0.39, 0.29) is 5.91 Å². The molecule has 2 unspecified atom stereocenters. The summed E-state index contributed by atoms with van der Waals surface area (Å²) in [5.41, 5.74) is 4.91. The zero-order valence-electron chi connectivity index (χ0n) is 18.8.